The molecule has 0 radical (unpaired) electrons. The Balaban J connectivity index is 1.66. The Labute approximate surface area is 163 Å². The average Bonchev–Trinajstić information content (AvgIpc) is 3.16. The number of nitrogens with one attached hydrogen (secondary N) is 1. The number of rotatable bonds is 7. The fourth-order valence-electron chi connectivity index (χ4n) is 2.39. The van der Waals surface area contributed by atoms with Crippen molar-refractivity contribution in [2.45, 2.75) is 11.5 Å². The molecule has 3 rings (SSSR count). The lowest BCUT2D eigenvalue weighted by Crippen LogP contribution is -2.22. The number of nitrogens with zero attached hydrogens (tertiary/aromatic N) is 1. The van der Waals surface area contributed by atoms with Crippen LogP contribution >= 0.6 is 0 Å². The van der Waals surface area contributed by atoms with Gasteiger partial charge >= 0.3 is 0 Å². The molecular formula is C20H20N2O5S. The molecular weight excluding hydrogens is 380 g/mol. The summed E-state index contributed by atoms with van der Waals surface area (Å²) in [5, 5.41) is 2.64. The van der Waals surface area contributed by atoms with Gasteiger partial charge in [-0.2, -0.15) is 0 Å². The van der Waals surface area contributed by atoms with Crippen LogP contribution in [0.2, 0.25) is 0 Å². The lowest BCUT2D eigenvalue weighted by Gasteiger charge is -2.12. The molecule has 0 aliphatic heterocycles. The van der Waals surface area contributed by atoms with Crippen LogP contribution in [0.15, 0.2) is 76.0 Å². The Morgan fingerprint density at radius 3 is 2.50 bits per heavy atom. The zero-order valence-electron chi connectivity index (χ0n) is 15.5. The lowest BCUT2D eigenvalue weighted by molar-refractivity contribution is 0.0992. The van der Waals surface area contributed by atoms with Gasteiger partial charge in [0.1, 0.15) is 18.1 Å². The first-order valence-electron chi connectivity index (χ1n) is 8.47. The number of carbonyl (C=O) groups is 1. The molecule has 1 N–H and O–H groups in total. The minimum atomic E-state index is -3.59. The van der Waals surface area contributed by atoms with E-state index in [0.29, 0.717) is 17.2 Å². The van der Waals surface area contributed by atoms with Crippen LogP contribution in [0.5, 0.6) is 5.75 Å². The standard InChI is InChI=1S/C20H20N2O5S/c1-22(2)28(24,25)18-10-6-7-15(13-18)21-20(23)19-12-11-17(27-19)14-26-16-8-4-3-5-9-16/h3-13H,14H2,1-2H3,(H,21,23). The van der Waals surface area contributed by atoms with E-state index < -0.39 is 15.9 Å². The van der Waals surface area contributed by atoms with Gasteiger partial charge < -0.3 is 14.5 Å². The number of hydrogen-bond acceptors (Lipinski definition) is 5. The molecule has 1 aromatic heterocycles. The number of hydrogen-bond donors (Lipinski definition) is 1. The third-order valence-electron chi connectivity index (χ3n) is 3.88. The summed E-state index contributed by atoms with van der Waals surface area (Å²) in [6.45, 7) is 0.188. The van der Waals surface area contributed by atoms with E-state index in [4.69, 9.17) is 9.15 Å². The molecule has 0 aliphatic carbocycles. The van der Waals surface area contributed by atoms with Gasteiger partial charge in [-0.25, -0.2) is 12.7 Å². The van der Waals surface area contributed by atoms with Crippen molar-refractivity contribution >= 4 is 21.6 Å². The van der Waals surface area contributed by atoms with Crippen LogP contribution in [0.4, 0.5) is 5.69 Å². The number of para-hydroxylation sites is 1. The van der Waals surface area contributed by atoms with E-state index in [9.17, 15) is 13.2 Å². The minimum Gasteiger partial charge on any atom is -0.486 e. The highest BCUT2D eigenvalue weighted by Gasteiger charge is 2.18. The van der Waals surface area contributed by atoms with Gasteiger partial charge in [0, 0.05) is 19.8 Å². The van der Waals surface area contributed by atoms with Crippen molar-refractivity contribution in [3.63, 3.8) is 0 Å². The highest BCUT2D eigenvalue weighted by atomic mass is 32.2. The van der Waals surface area contributed by atoms with E-state index in [0.717, 1.165) is 4.31 Å². The van der Waals surface area contributed by atoms with Gasteiger partial charge in [-0.15, -0.1) is 0 Å². The quantitative estimate of drug-likeness (QED) is 0.657. The number of anilines is 1. The second-order valence-corrected chi connectivity index (χ2v) is 8.29. The molecule has 0 unspecified atom stereocenters. The smallest absolute Gasteiger partial charge is 0.291 e. The van der Waals surface area contributed by atoms with Gasteiger partial charge in [-0.1, -0.05) is 24.3 Å². The van der Waals surface area contributed by atoms with E-state index >= 15 is 0 Å². The van der Waals surface area contributed by atoms with E-state index in [-0.39, 0.29) is 17.3 Å². The maximum atomic E-state index is 12.4. The van der Waals surface area contributed by atoms with Crippen molar-refractivity contribution in [2.24, 2.45) is 0 Å². The van der Waals surface area contributed by atoms with Crippen molar-refractivity contribution < 1.29 is 22.4 Å². The Morgan fingerprint density at radius 1 is 1.04 bits per heavy atom. The molecule has 3 aromatic rings. The maximum absolute atomic E-state index is 12.4. The molecule has 0 saturated carbocycles. The van der Waals surface area contributed by atoms with E-state index in [1.54, 1.807) is 24.3 Å². The Morgan fingerprint density at radius 2 is 1.79 bits per heavy atom. The predicted octanol–water partition coefficient (Wildman–Crippen LogP) is 3.36. The Bertz CT molecular complexity index is 1060. The van der Waals surface area contributed by atoms with E-state index in [1.807, 2.05) is 30.3 Å². The van der Waals surface area contributed by atoms with Crippen LogP contribution in [-0.2, 0) is 16.6 Å². The van der Waals surface area contributed by atoms with Crippen molar-refractivity contribution in [3.8, 4) is 5.75 Å². The summed E-state index contributed by atoms with van der Waals surface area (Å²) < 4.78 is 36.6. The van der Waals surface area contributed by atoms with Crippen molar-refractivity contribution in [3.05, 3.63) is 78.3 Å². The third kappa shape index (κ3) is 4.59. The molecule has 0 atom stereocenters. The van der Waals surface area contributed by atoms with Crippen molar-refractivity contribution in [1.82, 2.24) is 4.31 Å². The second kappa shape index (κ2) is 8.28. The van der Waals surface area contributed by atoms with Crippen LogP contribution in [0.1, 0.15) is 16.3 Å². The van der Waals surface area contributed by atoms with Gasteiger partial charge in [-0.05, 0) is 42.5 Å². The monoisotopic (exact) mass is 400 g/mol. The second-order valence-electron chi connectivity index (χ2n) is 6.14. The third-order valence-corrected chi connectivity index (χ3v) is 5.69. The number of furan rings is 1. The highest BCUT2D eigenvalue weighted by Crippen LogP contribution is 2.19. The molecule has 0 aliphatic rings. The molecule has 7 nitrogen and oxygen atoms in total. The molecule has 0 bridgehead atoms. The zero-order valence-corrected chi connectivity index (χ0v) is 16.3. The summed E-state index contributed by atoms with van der Waals surface area (Å²) in [7, 11) is -0.694. The van der Waals surface area contributed by atoms with Gasteiger partial charge in [-0.3, -0.25) is 4.79 Å². The fraction of sp³-hybridized carbons (Fsp3) is 0.150. The summed E-state index contributed by atoms with van der Waals surface area (Å²) >= 11 is 0. The summed E-state index contributed by atoms with van der Waals surface area (Å²) in [6.07, 6.45) is 0. The normalized spacial score (nSPS) is 11.4. The Kier molecular flexibility index (Phi) is 5.81. The number of benzene rings is 2. The molecule has 1 amide bonds. The number of ether oxygens (including phenoxy) is 1. The first kappa shape index (κ1) is 19.7. The van der Waals surface area contributed by atoms with Crippen LogP contribution in [-0.4, -0.2) is 32.7 Å². The maximum Gasteiger partial charge on any atom is 0.291 e. The van der Waals surface area contributed by atoms with Gasteiger partial charge in [0.2, 0.25) is 10.0 Å². The molecule has 2 aromatic carbocycles. The molecule has 0 fully saturated rings. The summed E-state index contributed by atoms with van der Waals surface area (Å²) in [5.41, 5.74) is 0.353. The van der Waals surface area contributed by atoms with Crippen LogP contribution in [0.25, 0.3) is 0 Å². The highest BCUT2D eigenvalue weighted by molar-refractivity contribution is 7.89. The predicted molar refractivity (Wildman–Crippen MR) is 105 cm³/mol. The van der Waals surface area contributed by atoms with Crippen molar-refractivity contribution in [2.75, 3.05) is 19.4 Å². The van der Waals surface area contributed by atoms with Gasteiger partial charge in [0.25, 0.3) is 5.91 Å². The van der Waals surface area contributed by atoms with Gasteiger partial charge in [0.15, 0.2) is 5.76 Å². The topological polar surface area (TPSA) is 88.9 Å². The minimum absolute atomic E-state index is 0.0895. The van der Waals surface area contributed by atoms with Gasteiger partial charge in [0.05, 0.1) is 4.90 Å². The first-order valence-corrected chi connectivity index (χ1v) is 9.91. The lowest BCUT2D eigenvalue weighted by atomic mass is 10.3. The molecule has 146 valence electrons. The van der Waals surface area contributed by atoms with Crippen molar-refractivity contribution in [1.29, 1.82) is 0 Å². The summed E-state index contributed by atoms with van der Waals surface area (Å²) in [5.74, 6) is 0.819. The largest absolute Gasteiger partial charge is 0.486 e. The fourth-order valence-corrected chi connectivity index (χ4v) is 3.33. The Hall–Kier alpha value is -3.10. The molecule has 0 saturated heterocycles. The first-order chi connectivity index (χ1) is 13.4. The number of amides is 1. The summed E-state index contributed by atoms with van der Waals surface area (Å²) in [4.78, 5) is 12.5. The van der Waals surface area contributed by atoms with E-state index in [1.165, 1.54) is 26.2 Å². The van der Waals surface area contributed by atoms with Crippen LogP contribution in [0.3, 0.4) is 0 Å². The van der Waals surface area contributed by atoms with E-state index in [2.05, 4.69) is 5.32 Å². The molecule has 28 heavy (non-hydrogen) atoms. The van der Waals surface area contributed by atoms with Crippen LogP contribution < -0.4 is 10.1 Å². The zero-order chi connectivity index (χ0) is 20.1. The summed E-state index contributed by atoms with van der Waals surface area (Å²) in [6, 6.07) is 18.5. The average molecular weight is 400 g/mol. The number of sulfonamides is 1. The number of carbonyl (C=O) groups excluding carboxylic acids is 1. The van der Waals surface area contributed by atoms with Crippen LogP contribution in [0, 0.1) is 0 Å². The molecule has 8 heteroatoms. The molecule has 1 heterocycles. The SMILES string of the molecule is CN(C)S(=O)(=O)c1cccc(NC(=O)c2ccc(COc3ccccc3)o2)c1. The molecule has 0 spiro atoms.